The molecule has 2 aromatic heterocycles. The van der Waals surface area contributed by atoms with Crippen LogP contribution in [0.25, 0.3) is 5.82 Å². The van der Waals surface area contributed by atoms with Crippen LogP contribution in [0.5, 0.6) is 0 Å². The van der Waals surface area contributed by atoms with E-state index < -0.39 is 9.05 Å². The van der Waals surface area contributed by atoms with E-state index in [1.54, 1.807) is 18.2 Å². The molecule has 0 aliphatic heterocycles. The van der Waals surface area contributed by atoms with E-state index in [4.69, 9.17) is 27.0 Å². The summed E-state index contributed by atoms with van der Waals surface area (Å²) in [5, 5.41) is 3.95. The van der Waals surface area contributed by atoms with Gasteiger partial charge in [0.15, 0.2) is 11.0 Å². The van der Waals surface area contributed by atoms with Crippen LogP contribution < -0.4 is 0 Å². The second kappa shape index (κ2) is 5.46. The van der Waals surface area contributed by atoms with Gasteiger partial charge in [-0.3, -0.25) is 0 Å². The van der Waals surface area contributed by atoms with E-state index in [1.165, 1.54) is 18.0 Å². The van der Waals surface area contributed by atoms with E-state index >= 15 is 0 Å². The van der Waals surface area contributed by atoms with Crippen LogP contribution in [0, 0.1) is 0 Å². The first-order chi connectivity index (χ1) is 8.95. The van der Waals surface area contributed by atoms with Crippen LogP contribution in [0.4, 0.5) is 0 Å². The summed E-state index contributed by atoms with van der Waals surface area (Å²) < 4.78 is 29.2. The normalized spacial score (nSPS) is 11.7. The Bertz CT molecular complexity index is 686. The van der Waals surface area contributed by atoms with Crippen LogP contribution in [0.1, 0.15) is 5.69 Å². The zero-order chi connectivity index (χ0) is 14.0. The number of nitrogens with zero attached hydrogens (tertiary/aromatic N) is 3. The molecule has 0 spiro atoms. The summed E-state index contributed by atoms with van der Waals surface area (Å²) in [4.78, 5) is 3.78. The summed E-state index contributed by atoms with van der Waals surface area (Å²) in [6.45, 7) is -0.0269. The average Bonchev–Trinajstić information content (AvgIpc) is 2.67. The molecule has 2 heterocycles. The third kappa shape index (κ3) is 2.89. The molecule has 0 saturated heterocycles. The minimum atomic E-state index is -4.02. The lowest BCUT2D eigenvalue weighted by Crippen LogP contribution is -2.00. The van der Waals surface area contributed by atoms with E-state index in [9.17, 15) is 8.42 Å². The van der Waals surface area contributed by atoms with Crippen molar-refractivity contribution >= 4 is 31.3 Å². The maximum Gasteiger partial charge on any atom is 0.266 e. The number of methoxy groups -OCH3 is 1. The number of hydrogen-bond donors (Lipinski definition) is 0. The molecule has 0 bridgehead atoms. The topological polar surface area (TPSA) is 74.1 Å². The molecule has 6 nitrogen and oxygen atoms in total. The number of aromatic nitrogens is 3. The molecule has 0 amide bonds. The predicted molar refractivity (Wildman–Crippen MR) is 70.1 cm³/mol. The Balaban J connectivity index is 2.66. The van der Waals surface area contributed by atoms with Gasteiger partial charge in [-0.05, 0) is 12.1 Å². The van der Waals surface area contributed by atoms with Crippen molar-refractivity contribution in [1.82, 2.24) is 14.8 Å². The predicted octanol–water partition coefficient (Wildman–Crippen LogP) is 1.99. The van der Waals surface area contributed by atoms with Gasteiger partial charge >= 0.3 is 0 Å². The lowest BCUT2D eigenvalue weighted by molar-refractivity contribution is 0.179. The minimum Gasteiger partial charge on any atom is -0.378 e. The summed E-state index contributed by atoms with van der Waals surface area (Å²) in [5.41, 5.74) is 0.133. The zero-order valence-electron chi connectivity index (χ0n) is 9.75. The van der Waals surface area contributed by atoms with Crippen LogP contribution in [0.2, 0.25) is 5.15 Å². The van der Waals surface area contributed by atoms with E-state index in [0.29, 0.717) is 5.82 Å². The fraction of sp³-hybridized carbons (Fsp3) is 0.200. The van der Waals surface area contributed by atoms with E-state index in [-0.39, 0.29) is 22.3 Å². The van der Waals surface area contributed by atoms with Gasteiger partial charge in [-0.15, -0.1) is 0 Å². The van der Waals surface area contributed by atoms with Crippen LogP contribution in [-0.4, -0.2) is 30.3 Å². The van der Waals surface area contributed by atoms with Crippen molar-refractivity contribution in [3.05, 3.63) is 35.2 Å². The van der Waals surface area contributed by atoms with Gasteiger partial charge in [0.1, 0.15) is 10.6 Å². The van der Waals surface area contributed by atoms with Gasteiger partial charge in [0.2, 0.25) is 0 Å². The molecule has 0 fully saturated rings. The highest BCUT2D eigenvalue weighted by atomic mass is 35.7. The van der Waals surface area contributed by atoms with Crippen molar-refractivity contribution in [3.63, 3.8) is 0 Å². The van der Waals surface area contributed by atoms with Crippen molar-refractivity contribution in [2.24, 2.45) is 0 Å². The van der Waals surface area contributed by atoms with Crippen molar-refractivity contribution in [3.8, 4) is 5.82 Å². The maximum atomic E-state index is 11.5. The number of pyridine rings is 1. The van der Waals surface area contributed by atoms with E-state index in [1.807, 2.05) is 0 Å². The van der Waals surface area contributed by atoms with Gasteiger partial charge in [-0.25, -0.2) is 18.1 Å². The largest absolute Gasteiger partial charge is 0.378 e. The quantitative estimate of drug-likeness (QED) is 0.805. The molecule has 0 radical (unpaired) electrons. The van der Waals surface area contributed by atoms with Crippen molar-refractivity contribution < 1.29 is 13.2 Å². The standard InChI is InChI=1S/C10H9Cl2N3O3S/c1-18-6-7-9(19(12,16)17)10(11)15(14-7)8-4-2-3-5-13-8/h2-5H,6H2,1H3. The Morgan fingerprint density at radius 1 is 1.42 bits per heavy atom. The van der Waals surface area contributed by atoms with Crippen molar-refractivity contribution in [1.29, 1.82) is 0 Å². The second-order valence-corrected chi connectivity index (χ2v) is 6.40. The molecule has 0 aliphatic carbocycles. The Morgan fingerprint density at radius 3 is 2.68 bits per heavy atom. The molecule has 19 heavy (non-hydrogen) atoms. The summed E-state index contributed by atoms with van der Waals surface area (Å²) >= 11 is 6.03. The molecule has 102 valence electrons. The molecule has 0 unspecified atom stereocenters. The first-order valence-corrected chi connectivity index (χ1v) is 7.76. The molecule has 0 saturated carbocycles. The number of halogens is 2. The summed E-state index contributed by atoms with van der Waals surface area (Å²) in [6.07, 6.45) is 1.54. The first kappa shape index (κ1) is 14.3. The molecular formula is C10H9Cl2N3O3S. The third-order valence-electron chi connectivity index (χ3n) is 2.25. The fourth-order valence-electron chi connectivity index (χ4n) is 1.53. The SMILES string of the molecule is COCc1nn(-c2ccccn2)c(Cl)c1S(=O)(=O)Cl. The highest BCUT2D eigenvalue weighted by molar-refractivity contribution is 8.13. The Kier molecular flexibility index (Phi) is 4.10. The Labute approximate surface area is 119 Å². The van der Waals surface area contributed by atoms with Gasteiger partial charge in [0.05, 0.1) is 6.61 Å². The molecule has 0 aliphatic rings. The van der Waals surface area contributed by atoms with Crippen LogP contribution in [-0.2, 0) is 20.4 Å². The number of rotatable bonds is 4. The highest BCUT2D eigenvalue weighted by Gasteiger charge is 2.27. The molecule has 9 heteroatoms. The Morgan fingerprint density at radius 2 is 2.16 bits per heavy atom. The summed E-state index contributed by atoms with van der Waals surface area (Å²) in [6, 6.07) is 5.08. The van der Waals surface area contributed by atoms with E-state index in [2.05, 4.69) is 10.1 Å². The number of hydrogen-bond acceptors (Lipinski definition) is 5. The number of ether oxygens (including phenoxy) is 1. The lowest BCUT2D eigenvalue weighted by Gasteiger charge is -2.00. The smallest absolute Gasteiger partial charge is 0.266 e. The zero-order valence-corrected chi connectivity index (χ0v) is 12.1. The molecule has 2 aromatic rings. The van der Waals surface area contributed by atoms with Crippen molar-refractivity contribution in [2.45, 2.75) is 11.5 Å². The fourth-order valence-corrected chi connectivity index (χ4v) is 3.34. The molecule has 0 N–H and O–H groups in total. The lowest BCUT2D eigenvalue weighted by atomic mass is 10.4. The molecular weight excluding hydrogens is 313 g/mol. The average molecular weight is 322 g/mol. The highest BCUT2D eigenvalue weighted by Crippen LogP contribution is 2.30. The summed E-state index contributed by atoms with van der Waals surface area (Å²) in [5.74, 6) is 0.386. The van der Waals surface area contributed by atoms with Gasteiger partial charge in [-0.2, -0.15) is 5.10 Å². The third-order valence-corrected chi connectivity index (χ3v) is 4.09. The van der Waals surface area contributed by atoms with Crippen LogP contribution in [0.15, 0.2) is 29.3 Å². The second-order valence-electron chi connectivity index (χ2n) is 3.54. The maximum absolute atomic E-state index is 11.5. The minimum absolute atomic E-state index is 0.0269. The van der Waals surface area contributed by atoms with E-state index in [0.717, 1.165) is 0 Å². The van der Waals surface area contributed by atoms with Gasteiger partial charge < -0.3 is 4.74 Å². The first-order valence-electron chi connectivity index (χ1n) is 5.07. The summed E-state index contributed by atoms with van der Waals surface area (Å²) in [7, 11) is 2.75. The molecule has 2 rings (SSSR count). The van der Waals surface area contributed by atoms with Gasteiger partial charge in [0, 0.05) is 24.0 Å². The van der Waals surface area contributed by atoms with Crippen molar-refractivity contribution in [2.75, 3.05) is 7.11 Å². The van der Waals surface area contributed by atoms with Crippen LogP contribution in [0.3, 0.4) is 0 Å². The van der Waals surface area contributed by atoms with Gasteiger partial charge in [-0.1, -0.05) is 17.7 Å². The monoisotopic (exact) mass is 321 g/mol. The molecule has 0 atom stereocenters. The molecule has 0 aromatic carbocycles. The van der Waals surface area contributed by atoms with Crippen LogP contribution >= 0.6 is 22.3 Å². The Hall–Kier alpha value is -1.15. The van der Waals surface area contributed by atoms with Gasteiger partial charge in [0.25, 0.3) is 9.05 Å².